The lowest BCUT2D eigenvalue weighted by molar-refractivity contribution is -0.126. The SMILES string of the molecule is CC1CN(c2ccc(Cl)c(Cl)c2)N=C1NC(=O)CCCNC(=O)COCCN(C)CCOCCOCCNC(=O)OC(C)(C)C. The maximum Gasteiger partial charge on any atom is 0.407 e. The minimum absolute atomic E-state index is 0.0407. The van der Waals surface area contributed by atoms with Gasteiger partial charge in [0, 0.05) is 38.5 Å². The van der Waals surface area contributed by atoms with Gasteiger partial charge in [0.05, 0.1) is 55.3 Å². The number of carbonyl (C=O) groups excluding carboxylic acids is 3. The van der Waals surface area contributed by atoms with Crippen LogP contribution in [-0.4, -0.2) is 114 Å². The molecule has 45 heavy (non-hydrogen) atoms. The molecule has 15 heteroatoms. The number of nitrogens with one attached hydrogen (secondary N) is 3. The van der Waals surface area contributed by atoms with Crippen molar-refractivity contribution in [1.29, 1.82) is 0 Å². The highest BCUT2D eigenvalue weighted by Gasteiger charge is 2.25. The summed E-state index contributed by atoms with van der Waals surface area (Å²) in [5.41, 5.74) is 0.273. The van der Waals surface area contributed by atoms with Crippen LogP contribution in [0, 0.1) is 5.92 Å². The number of likely N-dealkylation sites (N-methyl/N-ethyl adjacent to an activating group) is 1. The topological polar surface area (TPSA) is 143 Å². The minimum atomic E-state index is -0.526. The van der Waals surface area contributed by atoms with Crippen LogP contribution >= 0.6 is 23.2 Å². The Morgan fingerprint density at radius 3 is 2.33 bits per heavy atom. The molecular weight excluding hydrogens is 627 g/mol. The van der Waals surface area contributed by atoms with Gasteiger partial charge in [0.2, 0.25) is 11.8 Å². The molecule has 1 aliphatic heterocycles. The quantitative estimate of drug-likeness (QED) is 0.188. The molecule has 0 spiro atoms. The van der Waals surface area contributed by atoms with Crippen molar-refractivity contribution >= 4 is 52.6 Å². The molecule has 2 rings (SSSR count). The van der Waals surface area contributed by atoms with E-state index in [0.717, 1.165) is 5.69 Å². The predicted octanol–water partition coefficient (Wildman–Crippen LogP) is 3.28. The molecule has 0 saturated carbocycles. The molecule has 13 nitrogen and oxygen atoms in total. The van der Waals surface area contributed by atoms with Crippen LogP contribution in [0.4, 0.5) is 10.5 Å². The van der Waals surface area contributed by atoms with Gasteiger partial charge in [-0.2, -0.15) is 5.10 Å². The number of anilines is 1. The van der Waals surface area contributed by atoms with Crippen LogP contribution in [0.1, 0.15) is 40.5 Å². The third-order valence-electron chi connectivity index (χ3n) is 6.27. The molecule has 1 heterocycles. The molecule has 1 aliphatic rings. The molecule has 1 aromatic rings. The fraction of sp³-hybridized carbons (Fsp3) is 0.667. The van der Waals surface area contributed by atoms with Crippen molar-refractivity contribution < 1.29 is 33.3 Å². The first-order chi connectivity index (χ1) is 21.3. The van der Waals surface area contributed by atoms with Gasteiger partial charge in [0.15, 0.2) is 0 Å². The van der Waals surface area contributed by atoms with Crippen LogP contribution in [0.25, 0.3) is 0 Å². The number of alkyl carbamates (subject to hydrolysis) is 1. The molecule has 0 aliphatic carbocycles. The van der Waals surface area contributed by atoms with Crippen LogP contribution in [0.15, 0.2) is 23.3 Å². The van der Waals surface area contributed by atoms with Gasteiger partial charge in [0.25, 0.3) is 0 Å². The fourth-order valence-corrected chi connectivity index (χ4v) is 4.18. The van der Waals surface area contributed by atoms with Gasteiger partial charge < -0.3 is 39.8 Å². The Balaban J connectivity index is 1.43. The van der Waals surface area contributed by atoms with Crippen LogP contribution < -0.4 is 21.0 Å². The van der Waals surface area contributed by atoms with E-state index < -0.39 is 11.7 Å². The second kappa shape index (κ2) is 20.4. The van der Waals surface area contributed by atoms with E-state index in [-0.39, 0.29) is 30.8 Å². The molecule has 3 amide bonds. The van der Waals surface area contributed by atoms with Crippen LogP contribution in [-0.2, 0) is 28.5 Å². The molecule has 0 bridgehead atoms. The first-order valence-electron chi connectivity index (χ1n) is 15.1. The van der Waals surface area contributed by atoms with Crippen molar-refractivity contribution in [1.82, 2.24) is 20.9 Å². The molecule has 0 aromatic heterocycles. The molecule has 1 atom stereocenters. The Kier molecular flexibility index (Phi) is 17.5. The molecular formula is C30H48Cl2N6O7. The van der Waals surface area contributed by atoms with Gasteiger partial charge in [-0.1, -0.05) is 30.1 Å². The van der Waals surface area contributed by atoms with Crippen LogP contribution in [0.2, 0.25) is 10.0 Å². The van der Waals surface area contributed by atoms with E-state index in [1.807, 2.05) is 45.7 Å². The molecule has 1 aromatic carbocycles. The summed E-state index contributed by atoms with van der Waals surface area (Å²) < 4.78 is 21.6. The fourth-order valence-electron chi connectivity index (χ4n) is 3.88. The van der Waals surface area contributed by atoms with Crippen molar-refractivity contribution in [2.45, 2.75) is 46.1 Å². The Bertz CT molecular complexity index is 1120. The second-order valence-electron chi connectivity index (χ2n) is 11.6. The van der Waals surface area contributed by atoms with E-state index in [1.165, 1.54) is 0 Å². The highest BCUT2D eigenvalue weighted by molar-refractivity contribution is 6.42. The lowest BCUT2D eigenvalue weighted by Gasteiger charge is -2.19. The summed E-state index contributed by atoms with van der Waals surface area (Å²) >= 11 is 12.1. The summed E-state index contributed by atoms with van der Waals surface area (Å²) in [7, 11) is 1.94. The second-order valence-corrected chi connectivity index (χ2v) is 12.4. The summed E-state index contributed by atoms with van der Waals surface area (Å²) in [5.74, 6) is 0.248. The Morgan fingerprint density at radius 1 is 0.956 bits per heavy atom. The summed E-state index contributed by atoms with van der Waals surface area (Å²) in [6, 6.07) is 5.28. The molecule has 0 saturated heterocycles. The number of halogens is 2. The summed E-state index contributed by atoms with van der Waals surface area (Å²) in [6.07, 6.45) is 0.282. The number of hydrogen-bond donors (Lipinski definition) is 3. The number of hydrazone groups is 1. The van der Waals surface area contributed by atoms with Crippen molar-refractivity contribution in [3.63, 3.8) is 0 Å². The molecule has 254 valence electrons. The van der Waals surface area contributed by atoms with Gasteiger partial charge >= 0.3 is 6.09 Å². The number of amidine groups is 1. The first kappa shape index (κ1) is 38.5. The summed E-state index contributed by atoms with van der Waals surface area (Å²) in [4.78, 5) is 38.0. The smallest absolute Gasteiger partial charge is 0.407 e. The maximum atomic E-state index is 12.4. The van der Waals surface area contributed by atoms with E-state index in [2.05, 4.69) is 21.1 Å². The number of carbonyl (C=O) groups is 3. The number of amides is 3. The van der Waals surface area contributed by atoms with Crippen molar-refractivity contribution in [3.05, 3.63) is 28.2 Å². The van der Waals surface area contributed by atoms with E-state index in [1.54, 1.807) is 17.1 Å². The Labute approximate surface area is 276 Å². The third-order valence-corrected chi connectivity index (χ3v) is 7.01. The van der Waals surface area contributed by atoms with Crippen molar-refractivity contribution in [2.75, 3.05) is 84.4 Å². The molecule has 3 N–H and O–H groups in total. The van der Waals surface area contributed by atoms with E-state index in [9.17, 15) is 14.4 Å². The Hall–Kier alpha value is -2.68. The zero-order valence-electron chi connectivity index (χ0n) is 27.0. The lowest BCUT2D eigenvalue weighted by Crippen LogP contribution is -2.35. The molecule has 1 unspecified atom stereocenters. The van der Waals surface area contributed by atoms with Gasteiger partial charge in [-0.15, -0.1) is 0 Å². The number of benzene rings is 1. The average Bonchev–Trinajstić information content (AvgIpc) is 3.32. The van der Waals surface area contributed by atoms with Gasteiger partial charge in [-0.05, 0) is 52.4 Å². The number of ether oxygens (including phenoxy) is 4. The number of rotatable bonds is 19. The predicted molar refractivity (Wildman–Crippen MR) is 175 cm³/mol. The zero-order valence-corrected chi connectivity index (χ0v) is 28.5. The van der Waals surface area contributed by atoms with Crippen molar-refractivity contribution in [3.8, 4) is 0 Å². The summed E-state index contributed by atoms with van der Waals surface area (Å²) in [5, 5.41) is 15.5. The Morgan fingerprint density at radius 2 is 1.64 bits per heavy atom. The third kappa shape index (κ3) is 17.0. The monoisotopic (exact) mass is 674 g/mol. The van der Waals surface area contributed by atoms with E-state index in [0.29, 0.717) is 88.1 Å². The van der Waals surface area contributed by atoms with Gasteiger partial charge in [0.1, 0.15) is 18.0 Å². The van der Waals surface area contributed by atoms with Crippen LogP contribution in [0.5, 0.6) is 0 Å². The van der Waals surface area contributed by atoms with E-state index >= 15 is 0 Å². The van der Waals surface area contributed by atoms with Gasteiger partial charge in [-0.25, -0.2) is 4.79 Å². The highest BCUT2D eigenvalue weighted by Crippen LogP contribution is 2.29. The highest BCUT2D eigenvalue weighted by atomic mass is 35.5. The lowest BCUT2D eigenvalue weighted by atomic mass is 10.1. The largest absolute Gasteiger partial charge is 0.444 e. The number of hydrogen-bond acceptors (Lipinski definition) is 10. The molecule has 0 fully saturated rings. The van der Waals surface area contributed by atoms with Gasteiger partial charge in [-0.3, -0.25) is 14.6 Å². The standard InChI is InChI=1S/C30H48Cl2N6O7/c1-22-20-38(23-8-9-24(31)25(32)19-23)36-28(22)35-26(39)7-6-10-33-27(40)21-44-16-13-37(5)12-15-43-18-17-42-14-11-34-29(41)45-30(2,3)4/h8-9,19,22H,6-7,10-18,20-21H2,1-5H3,(H,33,40)(H,34,41)(H,35,36,39). The van der Waals surface area contributed by atoms with E-state index in [4.69, 9.17) is 42.1 Å². The number of nitrogens with zero attached hydrogens (tertiary/aromatic N) is 3. The normalized spacial score (nSPS) is 14.8. The maximum absolute atomic E-state index is 12.4. The minimum Gasteiger partial charge on any atom is -0.444 e. The average molecular weight is 676 g/mol. The molecule has 0 radical (unpaired) electrons. The zero-order chi connectivity index (χ0) is 33.2. The van der Waals surface area contributed by atoms with Crippen molar-refractivity contribution in [2.24, 2.45) is 11.0 Å². The first-order valence-corrected chi connectivity index (χ1v) is 15.9. The summed E-state index contributed by atoms with van der Waals surface area (Å²) in [6.45, 7) is 12.3. The van der Waals surface area contributed by atoms with Crippen LogP contribution in [0.3, 0.4) is 0 Å².